The third-order valence-electron chi connectivity index (χ3n) is 5.76. The van der Waals surface area contributed by atoms with Gasteiger partial charge in [0.15, 0.2) is 0 Å². The highest BCUT2D eigenvalue weighted by Crippen LogP contribution is 2.16. The van der Waals surface area contributed by atoms with Crippen LogP contribution >= 0.6 is 0 Å². The molecule has 13 nitrogen and oxygen atoms in total. The van der Waals surface area contributed by atoms with Gasteiger partial charge in [0.05, 0.1) is 126 Å². The van der Waals surface area contributed by atoms with Crippen LogP contribution < -0.4 is 9.47 Å². The van der Waals surface area contributed by atoms with Crippen LogP contribution in [0.4, 0.5) is 0 Å². The number of benzene rings is 1. The van der Waals surface area contributed by atoms with Gasteiger partial charge in [-0.3, -0.25) is 0 Å². The Morgan fingerprint density at radius 1 is 0.614 bits per heavy atom. The minimum absolute atomic E-state index is 0.372. The SMILES string of the molecule is C=C(C)CCOCCOCCOCCOCCn1cc(COCCOCCOCCOCCOc2ccc(OC)cc2)nn1. The highest BCUT2D eigenvalue weighted by molar-refractivity contribution is 5.31. The van der Waals surface area contributed by atoms with Crippen molar-refractivity contribution in [1.29, 1.82) is 0 Å². The maximum Gasteiger partial charge on any atom is 0.119 e. The molecule has 13 heteroatoms. The van der Waals surface area contributed by atoms with Gasteiger partial charge < -0.3 is 47.4 Å². The van der Waals surface area contributed by atoms with Gasteiger partial charge in [-0.15, -0.1) is 11.7 Å². The third kappa shape index (κ3) is 21.1. The lowest BCUT2D eigenvalue weighted by Crippen LogP contribution is -2.13. The summed E-state index contributed by atoms with van der Waals surface area (Å²) in [6.45, 7) is 15.1. The molecule has 44 heavy (non-hydrogen) atoms. The molecule has 250 valence electrons. The fourth-order valence-electron chi connectivity index (χ4n) is 3.41. The molecule has 0 atom stereocenters. The molecule has 0 fully saturated rings. The highest BCUT2D eigenvalue weighted by Gasteiger charge is 2.02. The number of ether oxygens (including phenoxy) is 10. The number of hydrogen-bond acceptors (Lipinski definition) is 12. The van der Waals surface area contributed by atoms with Crippen LogP contribution in [-0.4, -0.2) is 128 Å². The van der Waals surface area contributed by atoms with Gasteiger partial charge in [0.2, 0.25) is 0 Å². The first-order chi connectivity index (χ1) is 21.7. The summed E-state index contributed by atoms with van der Waals surface area (Å²) in [6.07, 6.45) is 2.73. The first-order valence-corrected chi connectivity index (χ1v) is 15.1. The van der Waals surface area contributed by atoms with Crippen molar-refractivity contribution in [3.63, 3.8) is 0 Å². The van der Waals surface area contributed by atoms with Crippen LogP contribution in [0.15, 0.2) is 42.6 Å². The maximum absolute atomic E-state index is 5.60. The van der Waals surface area contributed by atoms with Gasteiger partial charge >= 0.3 is 0 Å². The molecule has 0 N–H and O–H groups in total. The third-order valence-corrected chi connectivity index (χ3v) is 5.76. The van der Waals surface area contributed by atoms with E-state index in [9.17, 15) is 0 Å². The normalized spacial score (nSPS) is 11.2. The zero-order chi connectivity index (χ0) is 31.3. The molecular weight excluding hydrogens is 574 g/mol. The summed E-state index contributed by atoms with van der Waals surface area (Å²) < 4.78 is 56.6. The topological polar surface area (TPSA) is 123 Å². The van der Waals surface area contributed by atoms with Crippen molar-refractivity contribution in [2.45, 2.75) is 26.5 Å². The molecule has 2 rings (SSSR count). The van der Waals surface area contributed by atoms with E-state index in [4.69, 9.17) is 47.4 Å². The van der Waals surface area contributed by atoms with Crippen molar-refractivity contribution in [3.8, 4) is 11.5 Å². The molecule has 0 saturated heterocycles. The van der Waals surface area contributed by atoms with E-state index in [1.54, 1.807) is 11.8 Å². The quantitative estimate of drug-likeness (QED) is 0.0904. The fourth-order valence-corrected chi connectivity index (χ4v) is 3.41. The summed E-state index contributed by atoms with van der Waals surface area (Å²) in [4.78, 5) is 0. The van der Waals surface area contributed by atoms with E-state index >= 15 is 0 Å². The van der Waals surface area contributed by atoms with Crippen LogP contribution in [0.3, 0.4) is 0 Å². The van der Waals surface area contributed by atoms with Crippen molar-refractivity contribution in [3.05, 3.63) is 48.3 Å². The van der Waals surface area contributed by atoms with Crippen molar-refractivity contribution in [1.82, 2.24) is 15.0 Å². The minimum atomic E-state index is 0.372. The lowest BCUT2D eigenvalue weighted by molar-refractivity contribution is -0.00690. The average molecular weight is 626 g/mol. The molecule has 0 spiro atoms. The monoisotopic (exact) mass is 625 g/mol. The number of nitrogens with zero attached hydrogens (tertiary/aromatic N) is 3. The van der Waals surface area contributed by atoms with Crippen molar-refractivity contribution in [2.24, 2.45) is 0 Å². The second kappa shape index (κ2) is 26.8. The second-order valence-corrected chi connectivity index (χ2v) is 9.54. The molecule has 0 aliphatic rings. The van der Waals surface area contributed by atoms with Gasteiger partial charge in [0.1, 0.15) is 23.8 Å². The summed E-state index contributed by atoms with van der Waals surface area (Å²) in [7, 11) is 1.63. The molecule has 0 aliphatic heterocycles. The van der Waals surface area contributed by atoms with E-state index in [0.717, 1.165) is 29.2 Å². The Balaban J connectivity index is 1.28. The van der Waals surface area contributed by atoms with Gasteiger partial charge in [-0.05, 0) is 37.6 Å². The number of hydrogen-bond donors (Lipinski definition) is 0. The number of methoxy groups -OCH3 is 1. The Labute approximate surface area is 261 Å². The van der Waals surface area contributed by atoms with Crippen molar-refractivity contribution >= 4 is 0 Å². The zero-order valence-corrected chi connectivity index (χ0v) is 26.5. The summed E-state index contributed by atoms with van der Waals surface area (Å²) in [5.74, 6) is 1.58. The van der Waals surface area contributed by atoms with Gasteiger partial charge in [0.25, 0.3) is 0 Å². The molecular formula is C31H51N3O10. The Kier molecular flexibility index (Phi) is 22.8. The van der Waals surface area contributed by atoms with E-state index in [1.807, 2.05) is 37.4 Å². The lowest BCUT2D eigenvalue weighted by Gasteiger charge is -2.09. The Hall–Kier alpha value is -2.62. The predicted molar refractivity (Wildman–Crippen MR) is 163 cm³/mol. The molecule has 1 aromatic carbocycles. The van der Waals surface area contributed by atoms with Crippen LogP contribution in [-0.2, 0) is 51.0 Å². The van der Waals surface area contributed by atoms with Crippen molar-refractivity contribution < 1.29 is 47.4 Å². The average Bonchev–Trinajstić information content (AvgIpc) is 3.49. The van der Waals surface area contributed by atoms with Gasteiger partial charge in [-0.25, -0.2) is 4.68 Å². The molecule has 1 aromatic heterocycles. The Morgan fingerprint density at radius 2 is 1.07 bits per heavy atom. The fraction of sp³-hybridized carbons (Fsp3) is 0.677. The molecule has 2 aromatic rings. The molecule has 0 saturated carbocycles. The van der Waals surface area contributed by atoms with Gasteiger partial charge in [-0.2, -0.15) is 0 Å². The van der Waals surface area contributed by atoms with Crippen LogP contribution in [0.5, 0.6) is 11.5 Å². The number of aromatic nitrogens is 3. The minimum Gasteiger partial charge on any atom is -0.497 e. The van der Waals surface area contributed by atoms with Gasteiger partial charge in [-0.1, -0.05) is 10.8 Å². The first kappa shape index (κ1) is 37.6. The highest BCUT2D eigenvalue weighted by atomic mass is 16.6. The maximum atomic E-state index is 5.60. The largest absolute Gasteiger partial charge is 0.497 e. The predicted octanol–water partition coefficient (Wildman–Crippen LogP) is 2.96. The second-order valence-electron chi connectivity index (χ2n) is 9.54. The Bertz CT molecular complexity index is 945. The van der Waals surface area contributed by atoms with Crippen LogP contribution in [0.25, 0.3) is 0 Å². The van der Waals surface area contributed by atoms with Crippen LogP contribution in [0.1, 0.15) is 19.0 Å². The van der Waals surface area contributed by atoms with E-state index in [2.05, 4.69) is 16.9 Å². The van der Waals surface area contributed by atoms with Crippen LogP contribution in [0, 0.1) is 0 Å². The van der Waals surface area contributed by atoms with E-state index in [1.165, 1.54) is 0 Å². The Morgan fingerprint density at radius 3 is 1.59 bits per heavy atom. The standard InChI is InChI=1S/C31H51N3O10/c1-28(2)8-10-36-12-14-38-16-17-39-15-13-37-11-9-34-26-29(32-33-34)27-43-23-22-41-19-18-40-20-21-42-24-25-44-31-6-4-30(35-3)5-7-31/h4-7,26H,1,8-25,27H2,2-3H3. The van der Waals surface area contributed by atoms with Crippen LogP contribution in [0.2, 0.25) is 0 Å². The van der Waals surface area contributed by atoms with E-state index in [0.29, 0.717) is 119 Å². The molecule has 0 aliphatic carbocycles. The van der Waals surface area contributed by atoms with Gasteiger partial charge in [0, 0.05) is 0 Å². The summed E-state index contributed by atoms with van der Waals surface area (Å²) in [6, 6.07) is 7.44. The molecule has 1 heterocycles. The summed E-state index contributed by atoms with van der Waals surface area (Å²) in [5.41, 5.74) is 1.88. The lowest BCUT2D eigenvalue weighted by atomic mass is 10.3. The summed E-state index contributed by atoms with van der Waals surface area (Å²) in [5, 5.41) is 8.21. The van der Waals surface area contributed by atoms with E-state index < -0.39 is 0 Å². The molecule has 0 amide bonds. The summed E-state index contributed by atoms with van der Waals surface area (Å²) >= 11 is 0. The molecule has 0 radical (unpaired) electrons. The smallest absolute Gasteiger partial charge is 0.119 e. The molecule has 0 bridgehead atoms. The number of rotatable bonds is 31. The van der Waals surface area contributed by atoms with Crippen molar-refractivity contribution in [2.75, 3.05) is 113 Å². The first-order valence-electron chi connectivity index (χ1n) is 15.1. The zero-order valence-electron chi connectivity index (χ0n) is 26.5. The van der Waals surface area contributed by atoms with E-state index in [-0.39, 0.29) is 0 Å². The molecule has 0 unspecified atom stereocenters.